The second-order valence-electron chi connectivity index (χ2n) is 3.32. The Bertz CT molecular complexity index is 557. The molecule has 2 aromatic rings. The second kappa shape index (κ2) is 4.81. The molecule has 0 spiro atoms. The number of hydrogen-bond acceptors (Lipinski definition) is 4. The van der Waals surface area contributed by atoms with Gasteiger partial charge in [0, 0.05) is 39.4 Å². The van der Waals surface area contributed by atoms with E-state index in [1.165, 1.54) is 12.1 Å². The Morgan fingerprint density at radius 2 is 1.69 bits per heavy atom. The van der Waals surface area contributed by atoms with Gasteiger partial charge in [0.25, 0.3) is 5.69 Å². The van der Waals surface area contributed by atoms with Crippen molar-refractivity contribution in [2.45, 2.75) is 13.8 Å². The molecule has 0 unspecified atom stereocenters. The van der Waals surface area contributed by atoms with Crippen molar-refractivity contribution in [1.82, 2.24) is 9.97 Å². The van der Waals surface area contributed by atoms with E-state index in [2.05, 4.69) is 9.97 Å². The standard InChI is InChI=1S/C10H9N3O2.Cd/c1-6-7(2)12-10-5-8(13(14)15)3-4-9(10)11-6;/h3-5H,1-2H3;. The summed E-state index contributed by atoms with van der Waals surface area (Å²) in [5.41, 5.74) is 2.93. The van der Waals surface area contributed by atoms with Crippen molar-refractivity contribution in [2.24, 2.45) is 0 Å². The summed E-state index contributed by atoms with van der Waals surface area (Å²) in [5.74, 6) is 0. The Morgan fingerprint density at radius 1 is 1.12 bits per heavy atom. The molecule has 0 saturated carbocycles. The topological polar surface area (TPSA) is 68.9 Å². The van der Waals surface area contributed by atoms with Gasteiger partial charge in [0.05, 0.1) is 27.3 Å². The summed E-state index contributed by atoms with van der Waals surface area (Å²) in [4.78, 5) is 18.7. The smallest absolute Gasteiger partial charge is 0.258 e. The Morgan fingerprint density at radius 3 is 2.25 bits per heavy atom. The zero-order chi connectivity index (χ0) is 11.0. The molecule has 0 aliphatic rings. The first-order valence-electron chi connectivity index (χ1n) is 4.47. The van der Waals surface area contributed by atoms with Crippen LogP contribution >= 0.6 is 0 Å². The largest absolute Gasteiger partial charge is 0.271 e. The number of nitro groups is 1. The van der Waals surface area contributed by atoms with E-state index in [1.54, 1.807) is 6.07 Å². The molecule has 5 nitrogen and oxygen atoms in total. The molecule has 0 amide bonds. The van der Waals surface area contributed by atoms with E-state index in [4.69, 9.17) is 0 Å². The molecule has 78 valence electrons. The van der Waals surface area contributed by atoms with Gasteiger partial charge in [-0.1, -0.05) is 0 Å². The number of non-ortho nitro benzene ring substituents is 1. The molecule has 6 heteroatoms. The van der Waals surface area contributed by atoms with Crippen LogP contribution in [0.4, 0.5) is 5.69 Å². The van der Waals surface area contributed by atoms with Crippen LogP contribution in [0.5, 0.6) is 0 Å². The van der Waals surface area contributed by atoms with Crippen LogP contribution < -0.4 is 0 Å². The Balaban J connectivity index is 0.00000128. The molecule has 0 saturated heterocycles. The SMILES string of the molecule is Cc1nc2ccc([N+](=O)[O-])cc2nc1C.[Cd]. The van der Waals surface area contributed by atoms with Crippen LogP contribution in [-0.4, -0.2) is 14.9 Å². The molecule has 0 atom stereocenters. The number of nitrogens with zero attached hydrogens (tertiary/aromatic N) is 3. The van der Waals surface area contributed by atoms with Crippen molar-refractivity contribution in [1.29, 1.82) is 0 Å². The van der Waals surface area contributed by atoms with Crippen molar-refractivity contribution >= 4 is 16.7 Å². The predicted octanol–water partition coefficient (Wildman–Crippen LogP) is 2.15. The predicted molar refractivity (Wildman–Crippen MR) is 55.7 cm³/mol. The molecular formula is C10H9CdN3O2. The average molecular weight is 316 g/mol. The van der Waals surface area contributed by atoms with Gasteiger partial charge in [-0.3, -0.25) is 10.1 Å². The third kappa shape index (κ3) is 2.34. The van der Waals surface area contributed by atoms with Gasteiger partial charge in [-0.25, -0.2) is 9.97 Å². The van der Waals surface area contributed by atoms with Crippen molar-refractivity contribution in [2.75, 3.05) is 0 Å². The Hall–Kier alpha value is -1.12. The summed E-state index contributed by atoms with van der Waals surface area (Å²) in [6.07, 6.45) is 0. The van der Waals surface area contributed by atoms with Crippen molar-refractivity contribution in [3.63, 3.8) is 0 Å². The second-order valence-corrected chi connectivity index (χ2v) is 3.32. The summed E-state index contributed by atoms with van der Waals surface area (Å²) in [7, 11) is 0. The van der Waals surface area contributed by atoms with Gasteiger partial charge >= 0.3 is 0 Å². The summed E-state index contributed by atoms with van der Waals surface area (Å²) in [6.45, 7) is 3.70. The molecule has 0 aliphatic heterocycles. The van der Waals surface area contributed by atoms with E-state index in [1.807, 2.05) is 13.8 Å². The van der Waals surface area contributed by atoms with Gasteiger partial charge < -0.3 is 0 Å². The number of benzene rings is 1. The molecule has 2 rings (SSSR count). The fraction of sp³-hybridized carbons (Fsp3) is 0.200. The average Bonchev–Trinajstić information content (AvgIpc) is 2.19. The van der Waals surface area contributed by atoms with Crippen molar-refractivity contribution in [3.05, 3.63) is 39.7 Å². The van der Waals surface area contributed by atoms with Crippen LogP contribution in [0.3, 0.4) is 0 Å². The number of nitro benzene ring substituents is 1. The third-order valence-corrected chi connectivity index (χ3v) is 2.27. The van der Waals surface area contributed by atoms with Crippen molar-refractivity contribution in [3.8, 4) is 0 Å². The van der Waals surface area contributed by atoms with Gasteiger partial charge in [-0.2, -0.15) is 0 Å². The monoisotopic (exact) mass is 317 g/mol. The molecule has 1 aromatic heterocycles. The molecule has 0 fully saturated rings. The van der Waals surface area contributed by atoms with E-state index in [0.29, 0.717) is 11.0 Å². The maximum absolute atomic E-state index is 10.6. The van der Waals surface area contributed by atoms with Crippen molar-refractivity contribution < 1.29 is 32.2 Å². The molecule has 0 radical (unpaired) electrons. The van der Waals surface area contributed by atoms with Crippen LogP contribution in [0, 0.1) is 24.0 Å². The summed E-state index contributed by atoms with van der Waals surface area (Å²) in [6, 6.07) is 4.49. The van der Waals surface area contributed by atoms with Crippen LogP contribution in [0.25, 0.3) is 11.0 Å². The molecular weight excluding hydrogens is 307 g/mol. The quantitative estimate of drug-likeness (QED) is 0.459. The Kier molecular flexibility index (Phi) is 3.89. The maximum Gasteiger partial charge on any atom is 0.271 e. The van der Waals surface area contributed by atoms with Crippen LogP contribution in [0.2, 0.25) is 0 Å². The molecule has 0 bridgehead atoms. The number of aryl methyl sites for hydroxylation is 2. The summed E-state index contributed by atoms with van der Waals surface area (Å²) in [5, 5.41) is 10.6. The van der Waals surface area contributed by atoms with Gasteiger partial charge in [0.1, 0.15) is 0 Å². The minimum Gasteiger partial charge on any atom is -0.258 e. The van der Waals surface area contributed by atoms with E-state index in [-0.39, 0.29) is 33.0 Å². The van der Waals surface area contributed by atoms with E-state index in [0.717, 1.165) is 11.4 Å². The molecule has 1 aromatic carbocycles. The number of aromatic nitrogens is 2. The van der Waals surface area contributed by atoms with Gasteiger partial charge in [0.2, 0.25) is 0 Å². The minimum atomic E-state index is -0.434. The minimum absolute atomic E-state index is 0. The first-order valence-corrected chi connectivity index (χ1v) is 4.47. The van der Waals surface area contributed by atoms with Gasteiger partial charge in [-0.15, -0.1) is 0 Å². The van der Waals surface area contributed by atoms with E-state index < -0.39 is 4.92 Å². The molecule has 16 heavy (non-hydrogen) atoms. The summed E-state index contributed by atoms with van der Waals surface area (Å²) >= 11 is 0. The zero-order valence-electron chi connectivity index (χ0n) is 9.10. The number of fused-ring (bicyclic) bond motifs is 1. The first kappa shape index (κ1) is 12.9. The number of rotatable bonds is 1. The maximum atomic E-state index is 10.6. The van der Waals surface area contributed by atoms with Crippen LogP contribution in [0.15, 0.2) is 18.2 Å². The molecule has 1 heterocycles. The van der Waals surface area contributed by atoms with Gasteiger partial charge in [-0.05, 0) is 19.9 Å². The van der Waals surface area contributed by atoms with E-state index in [9.17, 15) is 10.1 Å². The molecule has 0 N–H and O–H groups in total. The van der Waals surface area contributed by atoms with E-state index >= 15 is 0 Å². The number of hydrogen-bond donors (Lipinski definition) is 0. The zero-order valence-corrected chi connectivity index (χ0v) is 13.1. The van der Waals surface area contributed by atoms with Gasteiger partial charge in [0.15, 0.2) is 0 Å². The Labute approximate surface area is 112 Å². The third-order valence-electron chi connectivity index (χ3n) is 2.27. The molecule has 0 aliphatic carbocycles. The van der Waals surface area contributed by atoms with Crippen LogP contribution in [0.1, 0.15) is 11.4 Å². The normalized spacial score (nSPS) is 9.88. The van der Waals surface area contributed by atoms with Crippen LogP contribution in [-0.2, 0) is 27.3 Å². The fourth-order valence-corrected chi connectivity index (χ4v) is 1.33. The first-order chi connectivity index (χ1) is 7.08. The summed E-state index contributed by atoms with van der Waals surface area (Å²) < 4.78 is 0. The fourth-order valence-electron chi connectivity index (χ4n) is 1.33.